The minimum absolute atomic E-state index is 0.319. The third-order valence-electron chi connectivity index (χ3n) is 4.27. The molecule has 1 unspecified atom stereocenters. The first kappa shape index (κ1) is 16.7. The minimum atomic E-state index is 0.319. The topological polar surface area (TPSA) is 50.7 Å². The van der Waals surface area contributed by atoms with Crippen molar-refractivity contribution in [1.82, 2.24) is 5.32 Å². The van der Waals surface area contributed by atoms with Crippen LogP contribution in [0.5, 0.6) is 17.2 Å². The Labute approximate surface area is 143 Å². The van der Waals surface area contributed by atoms with Crippen molar-refractivity contribution in [3.63, 3.8) is 0 Å². The van der Waals surface area contributed by atoms with E-state index >= 15 is 0 Å². The Morgan fingerprint density at radius 2 is 1.71 bits per heavy atom. The van der Waals surface area contributed by atoms with Crippen molar-refractivity contribution in [3.05, 3.63) is 53.6 Å². The van der Waals surface area contributed by atoms with Gasteiger partial charge in [-0.05, 0) is 55.2 Å². The van der Waals surface area contributed by atoms with Crippen LogP contribution < -0.4 is 14.8 Å². The summed E-state index contributed by atoms with van der Waals surface area (Å²) in [7, 11) is 0. The molecule has 0 aliphatic carbocycles. The number of hydrogen-bond acceptors (Lipinski definition) is 4. The van der Waals surface area contributed by atoms with Crippen LogP contribution in [0.3, 0.4) is 0 Å². The monoisotopic (exact) mass is 327 g/mol. The zero-order chi connectivity index (χ0) is 16.8. The molecule has 2 N–H and O–H groups in total. The van der Waals surface area contributed by atoms with E-state index in [1.165, 1.54) is 11.1 Å². The molecule has 0 saturated heterocycles. The molecule has 0 saturated carbocycles. The zero-order valence-electron chi connectivity index (χ0n) is 14.1. The molecule has 4 heteroatoms. The first-order valence-electron chi connectivity index (χ1n) is 8.60. The molecule has 4 nitrogen and oxygen atoms in total. The van der Waals surface area contributed by atoms with Crippen LogP contribution in [0.1, 0.15) is 30.9 Å². The van der Waals surface area contributed by atoms with Gasteiger partial charge in [0.15, 0.2) is 11.5 Å². The van der Waals surface area contributed by atoms with Crippen LogP contribution in [0, 0.1) is 0 Å². The largest absolute Gasteiger partial charge is 0.508 e. The number of nitrogens with one attached hydrogen (secondary N) is 1. The number of aromatic hydroxyl groups is 1. The van der Waals surface area contributed by atoms with Crippen LogP contribution in [-0.4, -0.2) is 24.4 Å². The van der Waals surface area contributed by atoms with E-state index in [9.17, 15) is 5.11 Å². The molecule has 128 valence electrons. The van der Waals surface area contributed by atoms with Crippen molar-refractivity contribution < 1.29 is 14.6 Å². The number of phenolic OH excluding ortho intramolecular Hbond substituents is 1. The summed E-state index contributed by atoms with van der Waals surface area (Å²) in [5.74, 6) is 2.01. The fraction of sp³-hybridized carbons (Fsp3) is 0.400. The lowest BCUT2D eigenvalue weighted by Gasteiger charge is -2.15. The number of ether oxygens (including phenoxy) is 2. The number of rotatable bonds is 6. The Kier molecular flexibility index (Phi) is 5.59. The summed E-state index contributed by atoms with van der Waals surface area (Å²) in [6, 6.07) is 14.0. The lowest BCUT2D eigenvalue weighted by Crippen LogP contribution is -2.26. The van der Waals surface area contributed by atoms with E-state index in [2.05, 4.69) is 24.4 Å². The second-order valence-corrected chi connectivity index (χ2v) is 6.32. The van der Waals surface area contributed by atoms with E-state index in [0.717, 1.165) is 43.9 Å². The van der Waals surface area contributed by atoms with Crippen LogP contribution in [0.2, 0.25) is 0 Å². The number of benzene rings is 2. The highest BCUT2D eigenvalue weighted by Gasteiger charge is 2.11. The van der Waals surface area contributed by atoms with Gasteiger partial charge in [0.2, 0.25) is 0 Å². The SMILES string of the molecule is CC(CCc1ccc(O)cc1)NCc1ccc2c(c1)OCCCO2. The maximum atomic E-state index is 9.31. The molecule has 2 aromatic carbocycles. The van der Waals surface area contributed by atoms with Gasteiger partial charge in [0.25, 0.3) is 0 Å². The maximum Gasteiger partial charge on any atom is 0.161 e. The molecule has 0 bridgehead atoms. The molecule has 0 radical (unpaired) electrons. The highest BCUT2D eigenvalue weighted by atomic mass is 16.5. The summed E-state index contributed by atoms with van der Waals surface area (Å²) in [6.07, 6.45) is 2.97. The van der Waals surface area contributed by atoms with Crippen LogP contribution in [0.15, 0.2) is 42.5 Å². The van der Waals surface area contributed by atoms with E-state index in [4.69, 9.17) is 9.47 Å². The summed E-state index contributed by atoms with van der Waals surface area (Å²) < 4.78 is 11.4. The molecule has 0 aromatic heterocycles. The van der Waals surface area contributed by atoms with Crippen molar-refractivity contribution in [2.75, 3.05) is 13.2 Å². The normalized spacial score (nSPS) is 14.9. The molecule has 1 aliphatic heterocycles. The second-order valence-electron chi connectivity index (χ2n) is 6.32. The van der Waals surface area contributed by atoms with Gasteiger partial charge in [0.1, 0.15) is 5.75 Å². The molecule has 2 aromatic rings. The Morgan fingerprint density at radius 3 is 2.50 bits per heavy atom. The van der Waals surface area contributed by atoms with Gasteiger partial charge in [0, 0.05) is 19.0 Å². The molecule has 0 fully saturated rings. The van der Waals surface area contributed by atoms with E-state index in [-0.39, 0.29) is 0 Å². The molecular formula is C20H25NO3. The van der Waals surface area contributed by atoms with Gasteiger partial charge in [-0.3, -0.25) is 0 Å². The first-order chi connectivity index (χ1) is 11.7. The maximum absolute atomic E-state index is 9.31. The molecule has 0 amide bonds. The third-order valence-corrected chi connectivity index (χ3v) is 4.27. The van der Waals surface area contributed by atoms with Crippen LogP contribution in [0.4, 0.5) is 0 Å². The first-order valence-corrected chi connectivity index (χ1v) is 8.60. The van der Waals surface area contributed by atoms with Crippen LogP contribution in [0.25, 0.3) is 0 Å². The average Bonchev–Trinajstić information content (AvgIpc) is 2.84. The molecule has 1 heterocycles. The van der Waals surface area contributed by atoms with Crippen molar-refractivity contribution in [2.45, 2.75) is 38.8 Å². The molecular weight excluding hydrogens is 302 g/mol. The van der Waals surface area contributed by atoms with Crippen molar-refractivity contribution in [3.8, 4) is 17.2 Å². The number of phenols is 1. The van der Waals surface area contributed by atoms with E-state index in [1.54, 1.807) is 12.1 Å². The third kappa shape index (κ3) is 4.65. The number of hydrogen-bond donors (Lipinski definition) is 2. The van der Waals surface area contributed by atoms with Gasteiger partial charge >= 0.3 is 0 Å². The molecule has 3 rings (SSSR count). The molecule has 24 heavy (non-hydrogen) atoms. The fourth-order valence-corrected chi connectivity index (χ4v) is 2.76. The lowest BCUT2D eigenvalue weighted by molar-refractivity contribution is 0.297. The van der Waals surface area contributed by atoms with Gasteiger partial charge in [-0.25, -0.2) is 0 Å². The highest BCUT2D eigenvalue weighted by molar-refractivity contribution is 5.43. The smallest absolute Gasteiger partial charge is 0.161 e. The van der Waals surface area contributed by atoms with E-state index in [1.807, 2.05) is 18.2 Å². The Balaban J connectivity index is 1.48. The average molecular weight is 327 g/mol. The van der Waals surface area contributed by atoms with E-state index in [0.29, 0.717) is 18.4 Å². The van der Waals surface area contributed by atoms with Gasteiger partial charge in [-0.15, -0.1) is 0 Å². The van der Waals surface area contributed by atoms with E-state index < -0.39 is 0 Å². The Hall–Kier alpha value is -2.20. The summed E-state index contributed by atoms with van der Waals surface area (Å²) in [4.78, 5) is 0. The summed E-state index contributed by atoms with van der Waals surface area (Å²) in [5.41, 5.74) is 2.45. The molecule has 1 aliphatic rings. The van der Waals surface area contributed by atoms with Gasteiger partial charge in [0.05, 0.1) is 13.2 Å². The van der Waals surface area contributed by atoms with Crippen molar-refractivity contribution in [1.29, 1.82) is 0 Å². The van der Waals surface area contributed by atoms with Crippen molar-refractivity contribution in [2.24, 2.45) is 0 Å². The highest BCUT2D eigenvalue weighted by Crippen LogP contribution is 2.30. The molecule has 0 spiro atoms. The number of aryl methyl sites for hydroxylation is 1. The fourth-order valence-electron chi connectivity index (χ4n) is 2.76. The van der Waals surface area contributed by atoms with Crippen LogP contribution in [-0.2, 0) is 13.0 Å². The summed E-state index contributed by atoms with van der Waals surface area (Å²) in [6.45, 7) is 4.45. The van der Waals surface area contributed by atoms with Gasteiger partial charge in [-0.2, -0.15) is 0 Å². The Morgan fingerprint density at radius 1 is 1.00 bits per heavy atom. The second kappa shape index (κ2) is 8.06. The summed E-state index contributed by atoms with van der Waals surface area (Å²) in [5, 5.41) is 12.9. The minimum Gasteiger partial charge on any atom is -0.508 e. The Bertz CT molecular complexity index is 654. The predicted molar refractivity (Wildman–Crippen MR) is 94.8 cm³/mol. The van der Waals surface area contributed by atoms with Gasteiger partial charge in [-0.1, -0.05) is 18.2 Å². The zero-order valence-corrected chi connectivity index (χ0v) is 14.1. The van der Waals surface area contributed by atoms with Gasteiger partial charge < -0.3 is 19.9 Å². The van der Waals surface area contributed by atoms with Crippen molar-refractivity contribution >= 4 is 0 Å². The summed E-state index contributed by atoms with van der Waals surface area (Å²) >= 11 is 0. The standard InChI is InChI=1S/C20H25NO3/c1-15(3-4-16-5-8-18(22)9-6-16)21-14-17-7-10-19-20(13-17)24-12-2-11-23-19/h5-10,13,15,21-22H,2-4,11-12,14H2,1H3. The lowest BCUT2D eigenvalue weighted by atomic mass is 10.1. The number of fused-ring (bicyclic) bond motifs is 1. The van der Waals surface area contributed by atoms with Crippen LogP contribution >= 0.6 is 0 Å². The quantitative estimate of drug-likeness (QED) is 0.850. The molecule has 1 atom stereocenters. The predicted octanol–water partition coefficient (Wildman–Crippen LogP) is 3.66.